The Morgan fingerprint density at radius 2 is 1.75 bits per heavy atom. The van der Waals surface area contributed by atoms with E-state index in [-0.39, 0.29) is 39.4 Å². The normalized spacial score (nSPS) is 11.4. The molecule has 0 spiro atoms. The van der Waals surface area contributed by atoms with Crippen molar-refractivity contribution in [3.05, 3.63) is 60.0 Å². The van der Waals surface area contributed by atoms with Gasteiger partial charge in [0.15, 0.2) is 11.6 Å². The van der Waals surface area contributed by atoms with Crippen LogP contribution < -0.4 is 9.88 Å². The van der Waals surface area contributed by atoms with Crippen molar-refractivity contribution in [2.45, 2.75) is 11.3 Å². The topological polar surface area (TPSA) is 87.2 Å². The molecule has 1 heterocycles. The predicted octanol–water partition coefficient (Wildman–Crippen LogP) is 2.89. The van der Waals surface area contributed by atoms with Crippen molar-refractivity contribution in [1.29, 1.82) is 0 Å². The summed E-state index contributed by atoms with van der Waals surface area (Å²) in [6, 6.07) is 10.3. The summed E-state index contributed by atoms with van der Waals surface area (Å²) in [5.74, 6) is -0.651. The molecule has 3 aromatic rings. The van der Waals surface area contributed by atoms with Gasteiger partial charge in [-0.3, -0.25) is 0 Å². The molecule has 0 atom stereocenters. The first-order valence-corrected chi connectivity index (χ1v) is 9.10. The van der Waals surface area contributed by atoms with E-state index in [2.05, 4.69) is 5.10 Å². The van der Waals surface area contributed by atoms with Crippen LogP contribution in [-0.4, -0.2) is 48.4 Å². The number of nitrogens with zero attached hydrogens (tertiary/aromatic N) is 2. The SMILES string of the molecule is COc1ccc(-c2cc(C(F)F)nn2-c2ccc(S(N)(=O)=O)cc2)cc1F.[Mg+2]. The zero-order valence-corrected chi connectivity index (χ0v) is 16.9. The number of hydrogen-bond donors (Lipinski definition) is 1. The minimum Gasteiger partial charge on any atom is -0.494 e. The van der Waals surface area contributed by atoms with E-state index < -0.39 is 28.0 Å². The summed E-state index contributed by atoms with van der Waals surface area (Å²) in [7, 11) is -2.59. The smallest absolute Gasteiger partial charge is 0.494 e. The van der Waals surface area contributed by atoms with E-state index in [4.69, 9.17) is 9.88 Å². The number of aromatic nitrogens is 2. The molecule has 3 rings (SSSR count). The van der Waals surface area contributed by atoms with E-state index in [1.807, 2.05) is 0 Å². The average molecular weight is 422 g/mol. The van der Waals surface area contributed by atoms with Crippen LogP contribution in [0.15, 0.2) is 53.4 Å². The van der Waals surface area contributed by atoms with Gasteiger partial charge in [0.2, 0.25) is 10.0 Å². The number of alkyl halides is 2. The molecule has 0 aliphatic rings. The molecule has 6 nitrogen and oxygen atoms in total. The number of primary sulfonamides is 1. The maximum absolute atomic E-state index is 14.0. The van der Waals surface area contributed by atoms with E-state index >= 15 is 0 Å². The maximum atomic E-state index is 14.0. The Balaban J connectivity index is 0.00000280. The monoisotopic (exact) mass is 421 g/mol. The van der Waals surface area contributed by atoms with Gasteiger partial charge in [-0.25, -0.2) is 31.4 Å². The Labute approximate surface area is 175 Å². The van der Waals surface area contributed by atoms with Crippen molar-refractivity contribution in [3.63, 3.8) is 0 Å². The van der Waals surface area contributed by atoms with Gasteiger partial charge >= 0.3 is 23.1 Å². The number of sulfonamides is 1. The van der Waals surface area contributed by atoms with Crippen LogP contribution in [0.1, 0.15) is 12.1 Å². The molecule has 0 aliphatic carbocycles. The van der Waals surface area contributed by atoms with Crippen molar-refractivity contribution in [2.75, 3.05) is 7.11 Å². The first-order valence-electron chi connectivity index (χ1n) is 7.56. The first kappa shape index (κ1) is 22.2. The Morgan fingerprint density at radius 3 is 2.25 bits per heavy atom. The molecular formula is C17H14F3MgN3O3S+2. The number of nitrogens with two attached hydrogens (primary N) is 1. The number of rotatable bonds is 5. The van der Waals surface area contributed by atoms with Crippen LogP contribution in [0.2, 0.25) is 0 Å². The fourth-order valence-corrected chi connectivity index (χ4v) is 3.03. The van der Waals surface area contributed by atoms with Crippen LogP contribution >= 0.6 is 0 Å². The molecule has 142 valence electrons. The molecular weight excluding hydrogens is 408 g/mol. The quantitative estimate of drug-likeness (QED) is 0.642. The second-order valence-electron chi connectivity index (χ2n) is 5.56. The summed E-state index contributed by atoms with van der Waals surface area (Å²) in [6.45, 7) is 0. The fourth-order valence-electron chi connectivity index (χ4n) is 2.51. The maximum Gasteiger partial charge on any atom is 2.00 e. The van der Waals surface area contributed by atoms with Crippen molar-refractivity contribution in [2.24, 2.45) is 5.14 Å². The standard InChI is InChI=1S/C17H14F3N3O3S.Mg/c1-26-16-7-2-10(8-13(16)18)15-9-14(17(19)20)22-23(15)11-3-5-12(6-4-11)27(21,24)25;/h2-9,17H,1H3,(H2,21,24,25);/q;+2. The molecule has 0 saturated carbocycles. The van der Waals surface area contributed by atoms with Crippen LogP contribution in [-0.2, 0) is 10.0 Å². The number of methoxy groups -OCH3 is 1. The van der Waals surface area contributed by atoms with Crippen LogP contribution in [0.3, 0.4) is 0 Å². The Morgan fingerprint density at radius 1 is 1.11 bits per heavy atom. The van der Waals surface area contributed by atoms with Gasteiger partial charge in [-0.1, -0.05) is 0 Å². The molecule has 11 heteroatoms. The molecule has 2 N–H and O–H groups in total. The van der Waals surface area contributed by atoms with Crippen molar-refractivity contribution >= 4 is 33.1 Å². The van der Waals surface area contributed by atoms with Gasteiger partial charge in [0.25, 0.3) is 6.43 Å². The van der Waals surface area contributed by atoms with Crippen LogP contribution in [0.5, 0.6) is 5.75 Å². The zero-order valence-electron chi connectivity index (χ0n) is 14.6. The summed E-state index contributed by atoms with van der Waals surface area (Å²) in [5, 5.41) is 8.90. The van der Waals surface area contributed by atoms with Crippen LogP contribution in [0, 0.1) is 5.82 Å². The molecule has 0 unspecified atom stereocenters. The van der Waals surface area contributed by atoms with Gasteiger partial charge in [-0.05, 0) is 48.5 Å². The van der Waals surface area contributed by atoms with E-state index in [9.17, 15) is 21.6 Å². The molecule has 0 amide bonds. The van der Waals surface area contributed by atoms with E-state index in [0.717, 1.165) is 12.1 Å². The Kier molecular flexibility index (Phi) is 6.75. The molecule has 0 bridgehead atoms. The van der Waals surface area contributed by atoms with Crippen molar-refractivity contribution < 1.29 is 26.3 Å². The van der Waals surface area contributed by atoms with Gasteiger partial charge in [0.05, 0.1) is 23.4 Å². The summed E-state index contributed by atoms with van der Waals surface area (Å²) in [5.41, 5.74) is 0.302. The average Bonchev–Trinajstić information content (AvgIpc) is 3.06. The Bertz CT molecular complexity index is 1090. The van der Waals surface area contributed by atoms with Gasteiger partial charge in [-0.15, -0.1) is 0 Å². The summed E-state index contributed by atoms with van der Waals surface area (Å²) in [6.07, 6.45) is -2.84. The Hall–Kier alpha value is -2.08. The van der Waals surface area contributed by atoms with E-state index in [1.54, 1.807) is 0 Å². The summed E-state index contributed by atoms with van der Waals surface area (Å²) >= 11 is 0. The first-order chi connectivity index (χ1) is 12.7. The van der Waals surface area contributed by atoms with Crippen molar-refractivity contribution in [1.82, 2.24) is 9.78 Å². The number of hydrogen-bond acceptors (Lipinski definition) is 4. The van der Waals surface area contributed by atoms with E-state index in [1.165, 1.54) is 48.2 Å². The minimum atomic E-state index is -3.90. The second-order valence-corrected chi connectivity index (χ2v) is 7.12. The van der Waals surface area contributed by atoms with Gasteiger partial charge < -0.3 is 4.74 Å². The van der Waals surface area contributed by atoms with Crippen LogP contribution in [0.4, 0.5) is 13.2 Å². The van der Waals surface area contributed by atoms with Gasteiger partial charge in [-0.2, -0.15) is 5.10 Å². The third-order valence-electron chi connectivity index (χ3n) is 3.81. The summed E-state index contributed by atoms with van der Waals surface area (Å²) in [4.78, 5) is -0.135. The third kappa shape index (κ3) is 4.49. The number of halogens is 3. The molecule has 28 heavy (non-hydrogen) atoms. The molecule has 1 aromatic heterocycles. The fraction of sp³-hybridized carbons (Fsp3) is 0.118. The number of ether oxygens (including phenoxy) is 1. The third-order valence-corrected chi connectivity index (χ3v) is 4.74. The van der Waals surface area contributed by atoms with Gasteiger partial charge in [0.1, 0.15) is 5.69 Å². The van der Waals surface area contributed by atoms with Crippen LogP contribution in [0.25, 0.3) is 16.9 Å². The zero-order chi connectivity index (χ0) is 19.8. The van der Waals surface area contributed by atoms with E-state index in [0.29, 0.717) is 11.3 Å². The largest absolute Gasteiger partial charge is 2.00 e. The predicted molar refractivity (Wildman–Crippen MR) is 97.6 cm³/mol. The molecule has 0 aliphatic heterocycles. The second kappa shape index (κ2) is 8.51. The molecule has 2 aromatic carbocycles. The van der Waals surface area contributed by atoms with Gasteiger partial charge in [0, 0.05) is 5.56 Å². The summed E-state index contributed by atoms with van der Waals surface area (Å²) < 4.78 is 69.1. The number of benzene rings is 2. The van der Waals surface area contributed by atoms with Crippen molar-refractivity contribution in [3.8, 4) is 22.7 Å². The molecule has 0 saturated heterocycles. The molecule has 0 fully saturated rings. The minimum absolute atomic E-state index is 0. The molecule has 0 radical (unpaired) electrons.